The highest BCUT2D eigenvalue weighted by molar-refractivity contribution is 7.91. The Labute approximate surface area is 87.2 Å². The van der Waals surface area contributed by atoms with Crippen LogP contribution in [0, 0.1) is 5.92 Å². The number of nitrogens with one attached hydrogen (secondary N) is 1. The molecule has 3 nitrogen and oxygen atoms in total. The molecule has 1 aliphatic heterocycles. The minimum Gasteiger partial charge on any atom is -0.312 e. The Kier molecular flexibility index (Phi) is 3.58. The van der Waals surface area contributed by atoms with Crippen LogP contribution in [-0.2, 0) is 9.84 Å². The first-order chi connectivity index (χ1) is 6.29. The van der Waals surface area contributed by atoms with Gasteiger partial charge < -0.3 is 5.32 Å². The van der Waals surface area contributed by atoms with Crippen LogP contribution in [0.15, 0.2) is 0 Å². The Hall–Kier alpha value is -0.0900. The topological polar surface area (TPSA) is 46.2 Å². The maximum Gasteiger partial charge on any atom is 0.150 e. The molecular weight excluding hydrogens is 198 g/mol. The molecule has 0 radical (unpaired) electrons. The summed E-state index contributed by atoms with van der Waals surface area (Å²) in [4.78, 5) is 0. The van der Waals surface area contributed by atoms with Crippen molar-refractivity contribution < 1.29 is 8.42 Å². The first-order valence-electron chi connectivity index (χ1n) is 5.24. The second-order valence-electron chi connectivity index (χ2n) is 5.25. The van der Waals surface area contributed by atoms with Crippen molar-refractivity contribution in [1.29, 1.82) is 0 Å². The summed E-state index contributed by atoms with van der Waals surface area (Å²) in [7, 11) is -2.74. The van der Waals surface area contributed by atoms with Gasteiger partial charge >= 0.3 is 0 Å². The van der Waals surface area contributed by atoms with Crippen LogP contribution < -0.4 is 5.32 Å². The van der Waals surface area contributed by atoms with Gasteiger partial charge in [0, 0.05) is 5.54 Å². The fraction of sp³-hybridized carbons (Fsp3) is 1.00. The van der Waals surface area contributed by atoms with E-state index < -0.39 is 9.84 Å². The molecule has 1 rings (SSSR count). The SMILES string of the molecule is CC(C)(C)NCC1CCCS(=O)(=O)C1. The minimum atomic E-state index is -2.74. The molecule has 0 aliphatic carbocycles. The molecule has 0 spiro atoms. The number of sulfone groups is 1. The second kappa shape index (κ2) is 4.19. The van der Waals surface area contributed by atoms with Crippen LogP contribution in [0.5, 0.6) is 0 Å². The summed E-state index contributed by atoms with van der Waals surface area (Å²) in [6.07, 6.45) is 1.88. The van der Waals surface area contributed by atoms with Gasteiger partial charge in [-0.15, -0.1) is 0 Å². The van der Waals surface area contributed by atoms with Crippen LogP contribution in [-0.4, -0.2) is 32.0 Å². The Bertz CT molecular complexity index is 277. The van der Waals surface area contributed by atoms with Crippen LogP contribution in [0.3, 0.4) is 0 Å². The van der Waals surface area contributed by atoms with Gasteiger partial charge in [-0.25, -0.2) is 8.42 Å². The van der Waals surface area contributed by atoms with Gasteiger partial charge in [-0.3, -0.25) is 0 Å². The highest BCUT2D eigenvalue weighted by Crippen LogP contribution is 2.18. The summed E-state index contributed by atoms with van der Waals surface area (Å²) in [5, 5.41) is 3.36. The predicted molar refractivity (Wildman–Crippen MR) is 59.1 cm³/mol. The highest BCUT2D eigenvalue weighted by atomic mass is 32.2. The monoisotopic (exact) mass is 219 g/mol. The second-order valence-corrected chi connectivity index (χ2v) is 7.48. The van der Waals surface area contributed by atoms with Crippen molar-refractivity contribution in [3.05, 3.63) is 0 Å². The highest BCUT2D eigenvalue weighted by Gasteiger charge is 2.25. The lowest BCUT2D eigenvalue weighted by Crippen LogP contribution is -2.42. The zero-order chi connectivity index (χ0) is 10.8. The number of hydrogen-bond acceptors (Lipinski definition) is 3. The third kappa shape index (κ3) is 4.42. The smallest absolute Gasteiger partial charge is 0.150 e. The Morgan fingerprint density at radius 1 is 1.36 bits per heavy atom. The standard InChI is InChI=1S/C10H21NO2S/c1-10(2,3)11-7-9-5-4-6-14(12,13)8-9/h9,11H,4-8H2,1-3H3. The third-order valence-corrected chi connectivity index (χ3v) is 4.37. The van der Waals surface area contributed by atoms with Crippen LogP contribution in [0.1, 0.15) is 33.6 Å². The first-order valence-corrected chi connectivity index (χ1v) is 7.06. The Balaban J connectivity index is 2.39. The van der Waals surface area contributed by atoms with E-state index in [1.165, 1.54) is 0 Å². The van der Waals surface area contributed by atoms with Crippen LogP contribution in [0.25, 0.3) is 0 Å². The molecule has 1 heterocycles. The van der Waals surface area contributed by atoms with E-state index in [0.717, 1.165) is 19.4 Å². The zero-order valence-electron chi connectivity index (χ0n) is 9.34. The summed E-state index contributed by atoms with van der Waals surface area (Å²) < 4.78 is 22.7. The first kappa shape index (κ1) is 12.0. The van der Waals surface area contributed by atoms with E-state index in [1.807, 2.05) is 0 Å². The predicted octanol–water partition coefficient (Wildman–Crippen LogP) is 1.20. The fourth-order valence-corrected chi connectivity index (χ4v) is 3.51. The van der Waals surface area contributed by atoms with Gasteiger partial charge in [-0.2, -0.15) is 0 Å². The molecule has 4 heteroatoms. The van der Waals surface area contributed by atoms with Crippen LogP contribution >= 0.6 is 0 Å². The lowest BCUT2D eigenvalue weighted by Gasteiger charge is -2.27. The Morgan fingerprint density at radius 3 is 2.50 bits per heavy atom. The van der Waals surface area contributed by atoms with Gasteiger partial charge in [0.25, 0.3) is 0 Å². The largest absolute Gasteiger partial charge is 0.312 e. The molecular formula is C10H21NO2S. The summed E-state index contributed by atoms with van der Waals surface area (Å²) in [5.41, 5.74) is 0.0845. The van der Waals surface area contributed by atoms with Crippen molar-refractivity contribution in [2.45, 2.75) is 39.2 Å². The van der Waals surface area contributed by atoms with Crippen molar-refractivity contribution in [2.24, 2.45) is 5.92 Å². The molecule has 1 unspecified atom stereocenters. The van der Waals surface area contributed by atoms with E-state index in [1.54, 1.807) is 0 Å². The lowest BCUT2D eigenvalue weighted by molar-refractivity contribution is 0.366. The van der Waals surface area contributed by atoms with Gasteiger partial charge in [-0.1, -0.05) is 0 Å². The van der Waals surface area contributed by atoms with Crippen molar-refractivity contribution in [1.82, 2.24) is 5.32 Å². The molecule has 1 atom stereocenters. The zero-order valence-corrected chi connectivity index (χ0v) is 10.2. The normalized spacial score (nSPS) is 27.5. The number of hydrogen-bond donors (Lipinski definition) is 1. The molecule has 0 saturated carbocycles. The molecule has 0 aromatic heterocycles. The van der Waals surface area contributed by atoms with E-state index in [9.17, 15) is 8.42 Å². The van der Waals surface area contributed by atoms with Crippen LogP contribution in [0.2, 0.25) is 0 Å². The van der Waals surface area contributed by atoms with E-state index in [2.05, 4.69) is 26.1 Å². The quantitative estimate of drug-likeness (QED) is 0.759. The molecule has 0 aromatic rings. The molecule has 1 fully saturated rings. The van der Waals surface area contributed by atoms with Gasteiger partial charge in [0.2, 0.25) is 0 Å². The molecule has 1 saturated heterocycles. The molecule has 0 bridgehead atoms. The van der Waals surface area contributed by atoms with Crippen molar-refractivity contribution in [3.8, 4) is 0 Å². The molecule has 14 heavy (non-hydrogen) atoms. The van der Waals surface area contributed by atoms with Gasteiger partial charge in [0.15, 0.2) is 9.84 Å². The molecule has 0 aromatic carbocycles. The summed E-state index contributed by atoms with van der Waals surface area (Å²) >= 11 is 0. The minimum absolute atomic E-state index is 0.0845. The van der Waals surface area contributed by atoms with Gasteiger partial charge in [-0.05, 0) is 46.1 Å². The van der Waals surface area contributed by atoms with Crippen molar-refractivity contribution in [2.75, 3.05) is 18.1 Å². The Morgan fingerprint density at radius 2 is 2.00 bits per heavy atom. The molecule has 1 aliphatic rings. The van der Waals surface area contributed by atoms with Crippen molar-refractivity contribution in [3.63, 3.8) is 0 Å². The molecule has 84 valence electrons. The van der Waals surface area contributed by atoms with E-state index in [-0.39, 0.29) is 5.54 Å². The van der Waals surface area contributed by atoms with Crippen LogP contribution in [0.4, 0.5) is 0 Å². The number of rotatable bonds is 2. The summed E-state index contributed by atoms with van der Waals surface area (Å²) in [6.45, 7) is 7.13. The van der Waals surface area contributed by atoms with Gasteiger partial charge in [0.05, 0.1) is 11.5 Å². The van der Waals surface area contributed by atoms with Crippen molar-refractivity contribution >= 4 is 9.84 Å². The van der Waals surface area contributed by atoms with Gasteiger partial charge in [0.1, 0.15) is 0 Å². The molecule has 1 N–H and O–H groups in total. The van der Waals surface area contributed by atoms with E-state index in [4.69, 9.17) is 0 Å². The summed E-state index contributed by atoms with van der Waals surface area (Å²) in [5.74, 6) is 1.07. The maximum absolute atomic E-state index is 11.4. The average molecular weight is 219 g/mol. The maximum atomic E-state index is 11.4. The lowest BCUT2D eigenvalue weighted by atomic mass is 10.0. The third-order valence-electron chi connectivity index (χ3n) is 2.48. The van der Waals surface area contributed by atoms with E-state index >= 15 is 0 Å². The van der Waals surface area contributed by atoms with E-state index in [0.29, 0.717) is 17.4 Å². The molecule has 0 amide bonds. The summed E-state index contributed by atoms with van der Waals surface area (Å²) in [6, 6.07) is 0. The average Bonchev–Trinajstić information content (AvgIpc) is 1.98. The fourth-order valence-electron chi connectivity index (χ4n) is 1.73.